The number of carbonyl (C=O) groups is 1. The van der Waals surface area contributed by atoms with Crippen LogP contribution in [0.3, 0.4) is 0 Å². The van der Waals surface area contributed by atoms with E-state index in [9.17, 15) is 17.6 Å². The third kappa shape index (κ3) is 6.54. The van der Waals surface area contributed by atoms with Crippen molar-refractivity contribution < 1.29 is 22.3 Å². The molecule has 7 nitrogen and oxygen atoms in total. The van der Waals surface area contributed by atoms with E-state index >= 15 is 0 Å². The molecule has 0 aromatic heterocycles. The van der Waals surface area contributed by atoms with Gasteiger partial charge in [-0.05, 0) is 54.1 Å². The largest absolute Gasteiger partial charge is 0.497 e. The number of rotatable bonds is 9. The van der Waals surface area contributed by atoms with E-state index in [0.717, 1.165) is 10.4 Å². The Morgan fingerprint density at radius 3 is 2.50 bits per heavy atom. The highest BCUT2D eigenvalue weighted by atomic mass is 35.5. The third-order valence-electron chi connectivity index (χ3n) is 4.66. The number of carbonyl (C=O) groups excluding carboxylic acids is 1. The minimum Gasteiger partial charge on any atom is -0.497 e. The van der Waals surface area contributed by atoms with Gasteiger partial charge in [0.1, 0.15) is 11.6 Å². The topological polar surface area (TPSA) is 88.1 Å². The van der Waals surface area contributed by atoms with Crippen molar-refractivity contribution in [3.63, 3.8) is 0 Å². The molecular weight excluding hydrogens is 504 g/mol. The molecular formula is C23H20Cl2FN3O4S. The second-order valence-corrected chi connectivity index (χ2v) is 9.78. The molecule has 178 valence electrons. The molecule has 1 N–H and O–H groups in total. The number of sulfonamides is 1. The highest BCUT2D eigenvalue weighted by molar-refractivity contribution is 7.89. The standard InChI is InChI=1S/C23H20Cl2FN3O4S/c1-33-18-5-2-4-16(12-18)13-27-28-23(30)15-29(14-20-21(25)6-3-7-22(20)26)34(31,32)19-10-8-17(24)9-11-19/h2-13H,14-15H2,1H3,(H,28,30)/b27-13-. The molecule has 0 bridgehead atoms. The first-order valence-electron chi connectivity index (χ1n) is 9.85. The van der Waals surface area contributed by atoms with Gasteiger partial charge >= 0.3 is 0 Å². The normalized spacial score (nSPS) is 11.7. The minimum atomic E-state index is -4.21. The SMILES string of the molecule is COc1cccc(/C=N\NC(=O)CN(Cc2c(F)cccc2Cl)S(=O)(=O)c2ccc(Cl)cc2)c1. The average Bonchev–Trinajstić information content (AvgIpc) is 2.81. The van der Waals surface area contributed by atoms with Crippen LogP contribution in [0.25, 0.3) is 0 Å². The molecule has 0 aliphatic carbocycles. The Morgan fingerprint density at radius 2 is 1.82 bits per heavy atom. The monoisotopic (exact) mass is 523 g/mol. The molecule has 3 aromatic carbocycles. The quantitative estimate of drug-likeness (QED) is 0.330. The first-order chi connectivity index (χ1) is 16.2. The molecule has 1 amide bonds. The summed E-state index contributed by atoms with van der Waals surface area (Å²) in [6.45, 7) is -1.10. The zero-order chi connectivity index (χ0) is 24.7. The van der Waals surface area contributed by atoms with Crippen molar-refractivity contribution >= 4 is 45.3 Å². The first kappa shape index (κ1) is 25.6. The summed E-state index contributed by atoms with van der Waals surface area (Å²) in [5, 5.41) is 4.23. The van der Waals surface area contributed by atoms with Gasteiger partial charge in [-0.2, -0.15) is 9.41 Å². The van der Waals surface area contributed by atoms with Crippen molar-refractivity contribution in [2.75, 3.05) is 13.7 Å². The Hall–Kier alpha value is -2.98. The summed E-state index contributed by atoms with van der Waals surface area (Å²) >= 11 is 12.0. The smallest absolute Gasteiger partial charge is 0.255 e. The number of hydrogen-bond acceptors (Lipinski definition) is 5. The second-order valence-electron chi connectivity index (χ2n) is 7.00. The van der Waals surface area contributed by atoms with Gasteiger partial charge in [0.25, 0.3) is 5.91 Å². The van der Waals surface area contributed by atoms with E-state index in [2.05, 4.69) is 10.5 Å². The Kier molecular flexibility index (Phi) is 8.62. The van der Waals surface area contributed by atoms with Crippen molar-refractivity contribution in [1.29, 1.82) is 0 Å². The lowest BCUT2D eigenvalue weighted by Gasteiger charge is -2.22. The molecule has 0 unspecified atom stereocenters. The number of ether oxygens (including phenoxy) is 1. The molecule has 3 rings (SSSR count). The number of nitrogens with one attached hydrogen (secondary N) is 1. The van der Waals surface area contributed by atoms with Crippen LogP contribution in [0, 0.1) is 5.82 Å². The zero-order valence-electron chi connectivity index (χ0n) is 17.9. The van der Waals surface area contributed by atoms with Crippen molar-refractivity contribution in [1.82, 2.24) is 9.73 Å². The van der Waals surface area contributed by atoms with Gasteiger partial charge in [-0.15, -0.1) is 0 Å². The van der Waals surface area contributed by atoms with Crippen LogP contribution < -0.4 is 10.2 Å². The maximum Gasteiger partial charge on any atom is 0.255 e. The minimum absolute atomic E-state index is 0.0350. The van der Waals surface area contributed by atoms with E-state index in [4.69, 9.17) is 27.9 Å². The van der Waals surface area contributed by atoms with Gasteiger partial charge in [-0.3, -0.25) is 4.79 Å². The van der Waals surface area contributed by atoms with Crippen molar-refractivity contribution in [3.8, 4) is 5.75 Å². The fourth-order valence-corrected chi connectivity index (χ4v) is 4.65. The Labute approximate surface area is 206 Å². The second kappa shape index (κ2) is 11.4. The lowest BCUT2D eigenvalue weighted by atomic mass is 10.2. The molecule has 34 heavy (non-hydrogen) atoms. The summed E-state index contributed by atoms with van der Waals surface area (Å²) in [5.41, 5.74) is 2.88. The van der Waals surface area contributed by atoms with Crippen LogP contribution in [0.2, 0.25) is 10.0 Å². The average molecular weight is 524 g/mol. The van der Waals surface area contributed by atoms with Crippen LogP contribution in [0.4, 0.5) is 4.39 Å². The Morgan fingerprint density at radius 1 is 1.12 bits per heavy atom. The summed E-state index contributed by atoms with van der Waals surface area (Å²) in [5.74, 6) is -0.818. The number of methoxy groups -OCH3 is 1. The maximum atomic E-state index is 14.4. The summed E-state index contributed by atoms with van der Waals surface area (Å²) in [6.07, 6.45) is 1.38. The number of amides is 1. The van der Waals surface area contributed by atoms with Crippen LogP contribution in [0.15, 0.2) is 76.7 Å². The van der Waals surface area contributed by atoms with E-state index < -0.39 is 34.8 Å². The van der Waals surface area contributed by atoms with Crippen LogP contribution in [0.5, 0.6) is 5.75 Å². The highest BCUT2D eigenvalue weighted by Crippen LogP contribution is 2.25. The molecule has 0 radical (unpaired) electrons. The van der Waals surface area contributed by atoms with Crippen molar-refractivity contribution in [2.24, 2.45) is 5.10 Å². The molecule has 0 atom stereocenters. The number of hydrogen-bond donors (Lipinski definition) is 1. The summed E-state index contributed by atoms with van der Waals surface area (Å²) in [6, 6.07) is 16.4. The third-order valence-corrected chi connectivity index (χ3v) is 7.08. The Bertz CT molecular complexity index is 1280. The fourth-order valence-electron chi connectivity index (χ4n) is 2.94. The van der Waals surface area contributed by atoms with Crippen LogP contribution in [-0.2, 0) is 21.4 Å². The molecule has 0 aliphatic rings. The zero-order valence-corrected chi connectivity index (χ0v) is 20.2. The summed E-state index contributed by atoms with van der Waals surface area (Å²) in [7, 11) is -2.69. The van der Waals surface area contributed by atoms with Gasteiger partial charge in [0.15, 0.2) is 0 Å². The van der Waals surface area contributed by atoms with E-state index in [1.807, 2.05) is 0 Å². The van der Waals surface area contributed by atoms with Crippen LogP contribution in [-0.4, -0.2) is 38.5 Å². The first-order valence-corrected chi connectivity index (χ1v) is 12.0. The molecule has 0 spiro atoms. The van der Waals surface area contributed by atoms with Gasteiger partial charge in [0.05, 0.1) is 24.8 Å². The molecule has 11 heteroatoms. The Balaban J connectivity index is 1.83. The molecule has 0 fully saturated rings. The van der Waals surface area contributed by atoms with E-state index in [1.54, 1.807) is 24.3 Å². The number of nitrogens with zero attached hydrogens (tertiary/aromatic N) is 2. The number of hydrazone groups is 1. The van der Waals surface area contributed by atoms with Gasteiger partial charge in [0, 0.05) is 22.2 Å². The molecule has 3 aromatic rings. The van der Waals surface area contributed by atoms with Gasteiger partial charge < -0.3 is 4.74 Å². The van der Waals surface area contributed by atoms with E-state index in [1.165, 1.54) is 49.7 Å². The number of halogens is 3. The van der Waals surface area contributed by atoms with Crippen molar-refractivity contribution in [3.05, 3.63) is 93.7 Å². The molecule has 0 saturated carbocycles. The summed E-state index contributed by atoms with van der Waals surface area (Å²) in [4.78, 5) is 12.4. The lowest BCUT2D eigenvalue weighted by Crippen LogP contribution is -2.39. The van der Waals surface area contributed by atoms with Gasteiger partial charge in [0.2, 0.25) is 10.0 Å². The maximum absolute atomic E-state index is 14.4. The molecule has 0 aliphatic heterocycles. The van der Waals surface area contributed by atoms with E-state index in [0.29, 0.717) is 16.3 Å². The number of benzene rings is 3. The molecule has 0 heterocycles. The van der Waals surface area contributed by atoms with Crippen LogP contribution in [0.1, 0.15) is 11.1 Å². The lowest BCUT2D eigenvalue weighted by molar-refractivity contribution is -0.121. The fraction of sp³-hybridized carbons (Fsp3) is 0.130. The predicted molar refractivity (Wildman–Crippen MR) is 129 cm³/mol. The van der Waals surface area contributed by atoms with E-state index in [-0.39, 0.29) is 15.5 Å². The van der Waals surface area contributed by atoms with Crippen molar-refractivity contribution in [2.45, 2.75) is 11.4 Å². The summed E-state index contributed by atoms with van der Waals surface area (Å²) < 4.78 is 46.8. The van der Waals surface area contributed by atoms with Gasteiger partial charge in [-0.25, -0.2) is 18.2 Å². The van der Waals surface area contributed by atoms with Crippen LogP contribution >= 0.6 is 23.2 Å². The van der Waals surface area contributed by atoms with Gasteiger partial charge in [-0.1, -0.05) is 41.4 Å². The highest BCUT2D eigenvalue weighted by Gasteiger charge is 2.28. The predicted octanol–water partition coefficient (Wildman–Crippen LogP) is 4.48. The molecule has 0 saturated heterocycles.